The van der Waals surface area contributed by atoms with Crippen LogP contribution in [0.5, 0.6) is 0 Å². The van der Waals surface area contributed by atoms with Crippen LogP contribution in [-0.4, -0.2) is 14.8 Å². The molecule has 0 unspecified atom stereocenters. The average Bonchev–Trinajstić information content (AvgIpc) is 2.69. The van der Waals surface area contributed by atoms with Crippen LogP contribution in [0.25, 0.3) is 11.4 Å². The van der Waals surface area contributed by atoms with E-state index in [1.807, 2.05) is 29.7 Å². The minimum Gasteiger partial charge on any atom is -0.398 e. The van der Waals surface area contributed by atoms with Crippen molar-refractivity contribution < 1.29 is 0 Å². The molecule has 0 amide bonds. The van der Waals surface area contributed by atoms with Crippen molar-refractivity contribution in [3.05, 3.63) is 29.0 Å². The molecule has 4 nitrogen and oxygen atoms in total. The number of nitrogens with zero attached hydrogens (tertiary/aromatic N) is 3. The van der Waals surface area contributed by atoms with E-state index in [0.717, 1.165) is 22.4 Å². The lowest BCUT2D eigenvalue weighted by Gasteiger charge is -2.06. The van der Waals surface area contributed by atoms with E-state index in [2.05, 4.69) is 26.1 Å². The Morgan fingerprint density at radius 3 is 3.00 bits per heavy atom. The van der Waals surface area contributed by atoms with Crippen LogP contribution in [0.2, 0.25) is 0 Å². The number of aromatic nitrogens is 3. The summed E-state index contributed by atoms with van der Waals surface area (Å²) in [5.41, 5.74) is 7.52. The summed E-state index contributed by atoms with van der Waals surface area (Å²) in [5.74, 6) is 0.802. The number of aryl methyl sites for hydroxylation is 1. The molecule has 78 valence electrons. The largest absolute Gasteiger partial charge is 0.398 e. The zero-order chi connectivity index (χ0) is 10.8. The second kappa shape index (κ2) is 4.02. The molecule has 0 fully saturated rings. The Morgan fingerprint density at radius 2 is 2.27 bits per heavy atom. The average molecular weight is 267 g/mol. The Labute approximate surface area is 96.3 Å². The Hall–Kier alpha value is -1.36. The normalized spacial score (nSPS) is 10.5. The van der Waals surface area contributed by atoms with Crippen LogP contribution in [-0.2, 0) is 6.54 Å². The van der Waals surface area contributed by atoms with Gasteiger partial charge in [0.25, 0.3) is 0 Å². The van der Waals surface area contributed by atoms with Crippen LogP contribution in [0.1, 0.15) is 6.92 Å². The number of halogens is 1. The van der Waals surface area contributed by atoms with Crippen LogP contribution in [0.3, 0.4) is 0 Å². The van der Waals surface area contributed by atoms with Gasteiger partial charge in [0.15, 0.2) is 5.82 Å². The summed E-state index contributed by atoms with van der Waals surface area (Å²) < 4.78 is 2.94. The predicted molar refractivity (Wildman–Crippen MR) is 63.2 cm³/mol. The van der Waals surface area contributed by atoms with E-state index in [0.29, 0.717) is 5.69 Å². The first kappa shape index (κ1) is 10.2. The molecule has 5 heteroatoms. The topological polar surface area (TPSA) is 56.7 Å². The maximum Gasteiger partial charge on any atom is 0.165 e. The summed E-state index contributed by atoms with van der Waals surface area (Å²) in [6.07, 6.45) is 1.70. The number of nitrogens with two attached hydrogens (primary N) is 1. The first-order valence-corrected chi connectivity index (χ1v) is 5.45. The number of nitrogen functional groups attached to an aromatic ring is 1. The van der Waals surface area contributed by atoms with Gasteiger partial charge in [0, 0.05) is 22.3 Å². The summed E-state index contributed by atoms with van der Waals surface area (Å²) in [7, 11) is 0. The van der Waals surface area contributed by atoms with Crippen LogP contribution >= 0.6 is 15.9 Å². The van der Waals surface area contributed by atoms with Gasteiger partial charge in [-0.1, -0.05) is 15.9 Å². The van der Waals surface area contributed by atoms with Crippen LogP contribution in [0.4, 0.5) is 5.69 Å². The number of hydrogen-bond donors (Lipinski definition) is 1. The van der Waals surface area contributed by atoms with Crippen molar-refractivity contribution in [2.75, 3.05) is 5.73 Å². The molecule has 0 radical (unpaired) electrons. The minimum atomic E-state index is 0.709. The highest BCUT2D eigenvalue weighted by Crippen LogP contribution is 2.27. The van der Waals surface area contributed by atoms with Gasteiger partial charge in [0.2, 0.25) is 0 Å². The van der Waals surface area contributed by atoms with E-state index in [-0.39, 0.29) is 0 Å². The standard InChI is InChI=1S/C10H11BrN4/c1-2-15-6-13-14-10(15)8-5-7(11)3-4-9(8)12/h3-6H,2,12H2,1H3. The molecule has 0 aliphatic rings. The summed E-state index contributed by atoms with van der Waals surface area (Å²) in [6, 6.07) is 5.71. The fourth-order valence-corrected chi connectivity index (χ4v) is 1.78. The lowest BCUT2D eigenvalue weighted by atomic mass is 10.1. The Kier molecular flexibility index (Phi) is 2.73. The predicted octanol–water partition coefficient (Wildman–Crippen LogP) is 2.31. The van der Waals surface area contributed by atoms with E-state index in [1.165, 1.54) is 0 Å². The van der Waals surface area contributed by atoms with Crippen LogP contribution < -0.4 is 5.73 Å². The molecule has 0 saturated heterocycles. The summed E-state index contributed by atoms with van der Waals surface area (Å²) in [4.78, 5) is 0. The van der Waals surface area contributed by atoms with Crippen molar-refractivity contribution in [3.63, 3.8) is 0 Å². The van der Waals surface area contributed by atoms with Crippen LogP contribution in [0.15, 0.2) is 29.0 Å². The van der Waals surface area contributed by atoms with Crippen molar-refractivity contribution in [1.29, 1.82) is 0 Å². The molecule has 2 rings (SSSR count). The number of benzene rings is 1. The molecule has 15 heavy (non-hydrogen) atoms. The van der Waals surface area contributed by atoms with Crippen molar-refractivity contribution in [2.24, 2.45) is 0 Å². The van der Waals surface area contributed by atoms with Gasteiger partial charge in [-0.25, -0.2) is 0 Å². The molecule has 0 saturated carbocycles. The molecular weight excluding hydrogens is 256 g/mol. The third-order valence-corrected chi connectivity index (χ3v) is 2.71. The number of anilines is 1. The zero-order valence-corrected chi connectivity index (χ0v) is 9.90. The van der Waals surface area contributed by atoms with E-state index in [1.54, 1.807) is 6.33 Å². The quantitative estimate of drug-likeness (QED) is 0.849. The molecule has 2 N–H and O–H groups in total. The van der Waals surface area contributed by atoms with Gasteiger partial charge >= 0.3 is 0 Å². The van der Waals surface area contributed by atoms with Crippen molar-refractivity contribution >= 4 is 21.6 Å². The third-order valence-electron chi connectivity index (χ3n) is 2.21. The smallest absolute Gasteiger partial charge is 0.165 e. The van der Waals surface area contributed by atoms with Gasteiger partial charge in [-0.2, -0.15) is 0 Å². The van der Waals surface area contributed by atoms with Gasteiger partial charge in [0.05, 0.1) is 0 Å². The molecule has 1 aromatic carbocycles. The maximum atomic E-state index is 5.90. The van der Waals surface area contributed by atoms with Gasteiger partial charge in [-0.05, 0) is 25.1 Å². The van der Waals surface area contributed by atoms with Crippen molar-refractivity contribution in [3.8, 4) is 11.4 Å². The molecule has 1 heterocycles. The molecule has 1 aromatic heterocycles. The fraction of sp³-hybridized carbons (Fsp3) is 0.200. The lowest BCUT2D eigenvalue weighted by Crippen LogP contribution is -1.99. The van der Waals surface area contributed by atoms with E-state index in [4.69, 9.17) is 5.73 Å². The number of hydrogen-bond acceptors (Lipinski definition) is 3. The Bertz CT molecular complexity index is 478. The first-order valence-electron chi connectivity index (χ1n) is 4.65. The second-order valence-corrected chi connectivity index (χ2v) is 4.09. The molecule has 0 aliphatic heterocycles. The monoisotopic (exact) mass is 266 g/mol. The zero-order valence-electron chi connectivity index (χ0n) is 8.31. The van der Waals surface area contributed by atoms with Crippen molar-refractivity contribution in [2.45, 2.75) is 13.5 Å². The van der Waals surface area contributed by atoms with E-state index < -0.39 is 0 Å². The number of rotatable bonds is 2. The second-order valence-electron chi connectivity index (χ2n) is 3.17. The summed E-state index contributed by atoms with van der Waals surface area (Å²) in [6.45, 7) is 2.87. The third kappa shape index (κ3) is 1.87. The first-order chi connectivity index (χ1) is 7.22. The molecule has 0 spiro atoms. The van der Waals surface area contributed by atoms with E-state index >= 15 is 0 Å². The highest BCUT2D eigenvalue weighted by Gasteiger charge is 2.09. The maximum absolute atomic E-state index is 5.90. The molecule has 2 aromatic rings. The molecule has 0 atom stereocenters. The Balaban J connectivity index is 2.58. The Morgan fingerprint density at radius 1 is 1.47 bits per heavy atom. The van der Waals surface area contributed by atoms with Gasteiger partial charge in [-0.15, -0.1) is 10.2 Å². The van der Waals surface area contributed by atoms with Gasteiger partial charge < -0.3 is 10.3 Å². The highest BCUT2D eigenvalue weighted by atomic mass is 79.9. The van der Waals surface area contributed by atoms with E-state index in [9.17, 15) is 0 Å². The molecule has 0 bridgehead atoms. The molecular formula is C10H11BrN4. The summed E-state index contributed by atoms with van der Waals surface area (Å²) >= 11 is 3.42. The minimum absolute atomic E-state index is 0.709. The highest BCUT2D eigenvalue weighted by molar-refractivity contribution is 9.10. The lowest BCUT2D eigenvalue weighted by molar-refractivity contribution is 0.767. The summed E-state index contributed by atoms with van der Waals surface area (Å²) in [5, 5.41) is 7.95. The van der Waals surface area contributed by atoms with Gasteiger partial charge in [-0.3, -0.25) is 0 Å². The van der Waals surface area contributed by atoms with Gasteiger partial charge in [0.1, 0.15) is 6.33 Å². The molecule has 0 aliphatic carbocycles. The van der Waals surface area contributed by atoms with Crippen LogP contribution in [0, 0.1) is 0 Å². The fourth-order valence-electron chi connectivity index (χ4n) is 1.42. The SMILES string of the molecule is CCn1cnnc1-c1cc(Br)ccc1N. The van der Waals surface area contributed by atoms with Crippen molar-refractivity contribution in [1.82, 2.24) is 14.8 Å².